The normalized spacial score (nSPS) is 21.7. The van der Waals surface area contributed by atoms with E-state index < -0.39 is 0 Å². The predicted molar refractivity (Wildman–Crippen MR) is 91.0 cm³/mol. The molecule has 4 rings (SSSR count). The van der Waals surface area contributed by atoms with Crippen molar-refractivity contribution in [3.63, 3.8) is 0 Å². The van der Waals surface area contributed by atoms with Crippen LogP contribution in [0.15, 0.2) is 23.1 Å². The number of imidazole rings is 1. The molecule has 1 N–H and O–H groups in total. The lowest BCUT2D eigenvalue weighted by Crippen LogP contribution is -2.43. The molecule has 0 radical (unpaired) electrons. The van der Waals surface area contributed by atoms with Crippen LogP contribution in [0.4, 0.5) is 4.79 Å². The maximum Gasteiger partial charge on any atom is 0.330 e. The third-order valence-corrected chi connectivity index (χ3v) is 5.35. The summed E-state index contributed by atoms with van der Waals surface area (Å²) in [5, 5.41) is 3.13. The fraction of sp³-hybridized carbons (Fsp3) is 0.588. The second-order valence-corrected chi connectivity index (χ2v) is 6.88. The lowest BCUT2D eigenvalue weighted by atomic mass is 10.2. The van der Waals surface area contributed by atoms with Crippen LogP contribution in [0.25, 0.3) is 11.2 Å². The van der Waals surface area contributed by atoms with Crippen molar-refractivity contribution in [2.45, 2.75) is 44.2 Å². The van der Waals surface area contributed by atoms with Gasteiger partial charge < -0.3 is 10.2 Å². The lowest BCUT2D eigenvalue weighted by molar-refractivity contribution is 0.203. The van der Waals surface area contributed by atoms with E-state index in [1.54, 1.807) is 22.4 Å². The zero-order chi connectivity index (χ0) is 16.7. The molecule has 2 aliphatic rings. The minimum atomic E-state index is -0.0632. The molecule has 2 aromatic rings. The third-order valence-electron chi connectivity index (χ3n) is 5.35. The molecule has 1 saturated heterocycles. The number of urea groups is 1. The summed E-state index contributed by atoms with van der Waals surface area (Å²) >= 11 is 0. The highest BCUT2D eigenvalue weighted by Gasteiger charge is 2.31. The molecule has 0 aromatic carbocycles. The second kappa shape index (κ2) is 5.96. The van der Waals surface area contributed by atoms with E-state index in [-0.39, 0.29) is 17.8 Å². The van der Waals surface area contributed by atoms with Gasteiger partial charge in [-0.05, 0) is 31.4 Å². The van der Waals surface area contributed by atoms with Crippen LogP contribution >= 0.6 is 0 Å². The Morgan fingerprint density at radius 1 is 1.29 bits per heavy atom. The van der Waals surface area contributed by atoms with Gasteiger partial charge in [0.2, 0.25) is 0 Å². The summed E-state index contributed by atoms with van der Waals surface area (Å²) in [7, 11) is 1.77. The van der Waals surface area contributed by atoms with Gasteiger partial charge in [-0.2, -0.15) is 0 Å². The molecule has 2 aromatic heterocycles. The van der Waals surface area contributed by atoms with Crippen molar-refractivity contribution in [3.8, 4) is 0 Å². The number of carbonyl (C=O) groups excluding carboxylic acids is 1. The highest BCUT2D eigenvalue weighted by atomic mass is 16.2. The zero-order valence-corrected chi connectivity index (χ0v) is 13.9. The van der Waals surface area contributed by atoms with E-state index in [1.165, 1.54) is 12.8 Å². The van der Waals surface area contributed by atoms with Crippen molar-refractivity contribution in [2.75, 3.05) is 13.1 Å². The first-order chi connectivity index (χ1) is 11.6. The van der Waals surface area contributed by atoms with Gasteiger partial charge in [-0.25, -0.2) is 14.6 Å². The number of amides is 2. The molecule has 3 heterocycles. The Morgan fingerprint density at radius 3 is 2.88 bits per heavy atom. The van der Waals surface area contributed by atoms with Crippen LogP contribution in [0.2, 0.25) is 0 Å². The summed E-state index contributed by atoms with van der Waals surface area (Å²) in [6.45, 7) is 1.24. The summed E-state index contributed by atoms with van der Waals surface area (Å²) in [5.41, 5.74) is 1.47. The van der Waals surface area contributed by atoms with Gasteiger partial charge in [0.1, 0.15) is 0 Å². The summed E-state index contributed by atoms with van der Waals surface area (Å²) in [5.74, 6) is 0. The molecular weight excluding hydrogens is 306 g/mol. The zero-order valence-electron chi connectivity index (χ0n) is 13.9. The maximum atomic E-state index is 12.6. The molecule has 7 nitrogen and oxygen atoms in total. The molecule has 24 heavy (non-hydrogen) atoms. The number of carbonyl (C=O) groups is 1. The Hall–Kier alpha value is -2.31. The topological polar surface area (TPSA) is 72.2 Å². The molecule has 128 valence electrons. The molecule has 2 amide bonds. The molecule has 2 fully saturated rings. The number of rotatable bonds is 2. The SMILES string of the molecule is Cn1c(=O)n([C@@H]2CCN(C(=O)NC3CCCC3)C2)c2ncccc21. The van der Waals surface area contributed by atoms with E-state index >= 15 is 0 Å². The van der Waals surface area contributed by atoms with Gasteiger partial charge in [-0.15, -0.1) is 0 Å². The summed E-state index contributed by atoms with van der Waals surface area (Å²) in [4.78, 5) is 31.2. The number of aryl methyl sites for hydroxylation is 1. The van der Waals surface area contributed by atoms with Gasteiger partial charge in [0.25, 0.3) is 0 Å². The highest BCUT2D eigenvalue weighted by Crippen LogP contribution is 2.24. The van der Waals surface area contributed by atoms with Gasteiger partial charge in [0.05, 0.1) is 11.6 Å². The quantitative estimate of drug-likeness (QED) is 0.910. The largest absolute Gasteiger partial charge is 0.335 e. The first-order valence-corrected chi connectivity index (χ1v) is 8.72. The molecule has 1 aliphatic heterocycles. The van der Waals surface area contributed by atoms with Gasteiger partial charge >= 0.3 is 11.7 Å². The standard InChI is InChI=1S/C17H23N5O2/c1-20-14-7-4-9-18-15(14)22(17(20)24)13-8-10-21(11-13)16(23)19-12-5-2-3-6-12/h4,7,9,12-13H,2-3,5-6,8,10-11H2,1H3,(H,19,23)/t13-/m1/s1. The number of nitrogens with zero attached hydrogens (tertiary/aromatic N) is 4. The number of hydrogen-bond donors (Lipinski definition) is 1. The molecule has 0 unspecified atom stereocenters. The van der Waals surface area contributed by atoms with E-state index in [2.05, 4.69) is 10.3 Å². The minimum Gasteiger partial charge on any atom is -0.335 e. The van der Waals surface area contributed by atoms with E-state index in [9.17, 15) is 9.59 Å². The van der Waals surface area contributed by atoms with E-state index in [0.29, 0.717) is 24.8 Å². The number of hydrogen-bond acceptors (Lipinski definition) is 3. The third kappa shape index (κ3) is 2.48. The molecule has 1 atom stereocenters. The van der Waals surface area contributed by atoms with Crippen LogP contribution in [-0.2, 0) is 7.05 Å². The first-order valence-electron chi connectivity index (χ1n) is 8.72. The van der Waals surface area contributed by atoms with Crippen LogP contribution in [-0.4, -0.2) is 44.2 Å². The fourth-order valence-corrected chi connectivity index (χ4v) is 3.99. The van der Waals surface area contributed by atoms with Crippen LogP contribution in [0, 0.1) is 0 Å². The summed E-state index contributed by atoms with van der Waals surface area (Å²) in [6, 6.07) is 4.05. The highest BCUT2D eigenvalue weighted by molar-refractivity contribution is 5.75. The van der Waals surface area contributed by atoms with Gasteiger partial charge in [-0.3, -0.25) is 9.13 Å². The van der Waals surface area contributed by atoms with Crippen molar-refractivity contribution < 1.29 is 4.79 Å². The van der Waals surface area contributed by atoms with Crippen molar-refractivity contribution >= 4 is 17.2 Å². The molecule has 0 spiro atoms. The number of fused-ring (bicyclic) bond motifs is 1. The van der Waals surface area contributed by atoms with Crippen LogP contribution < -0.4 is 11.0 Å². The van der Waals surface area contributed by atoms with Gasteiger partial charge in [0, 0.05) is 32.4 Å². The second-order valence-electron chi connectivity index (χ2n) is 6.88. The Morgan fingerprint density at radius 2 is 2.08 bits per heavy atom. The molecule has 1 saturated carbocycles. The van der Waals surface area contributed by atoms with E-state index in [1.807, 2.05) is 17.0 Å². The Labute approximate surface area is 140 Å². The van der Waals surface area contributed by atoms with E-state index in [4.69, 9.17) is 0 Å². The van der Waals surface area contributed by atoms with Gasteiger partial charge in [-0.1, -0.05) is 12.8 Å². The molecule has 7 heteroatoms. The van der Waals surface area contributed by atoms with Crippen LogP contribution in [0.1, 0.15) is 38.1 Å². The average Bonchev–Trinajstić information content (AvgIpc) is 3.30. The number of aromatic nitrogens is 3. The average molecular weight is 329 g/mol. The predicted octanol–water partition coefficient (Wildman–Crippen LogP) is 1.63. The summed E-state index contributed by atoms with van der Waals surface area (Å²) in [6.07, 6.45) is 7.05. The summed E-state index contributed by atoms with van der Waals surface area (Å²) < 4.78 is 3.38. The fourth-order valence-electron chi connectivity index (χ4n) is 3.99. The number of pyridine rings is 1. The number of likely N-dealkylation sites (tertiary alicyclic amines) is 1. The van der Waals surface area contributed by atoms with Crippen molar-refractivity contribution in [3.05, 3.63) is 28.8 Å². The molecule has 1 aliphatic carbocycles. The van der Waals surface area contributed by atoms with Crippen molar-refractivity contribution in [2.24, 2.45) is 7.05 Å². The molecular formula is C17H23N5O2. The Bertz CT molecular complexity index is 818. The van der Waals surface area contributed by atoms with Gasteiger partial charge in [0.15, 0.2) is 5.65 Å². The van der Waals surface area contributed by atoms with Crippen LogP contribution in [0.5, 0.6) is 0 Å². The number of nitrogens with one attached hydrogen (secondary N) is 1. The Balaban J connectivity index is 1.54. The lowest BCUT2D eigenvalue weighted by Gasteiger charge is -2.20. The first kappa shape index (κ1) is 15.2. The monoisotopic (exact) mass is 329 g/mol. The van der Waals surface area contributed by atoms with E-state index in [0.717, 1.165) is 24.8 Å². The van der Waals surface area contributed by atoms with Crippen LogP contribution in [0.3, 0.4) is 0 Å². The maximum absolute atomic E-state index is 12.6. The smallest absolute Gasteiger partial charge is 0.330 e. The minimum absolute atomic E-state index is 0.00523. The van der Waals surface area contributed by atoms with Crippen molar-refractivity contribution in [1.82, 2.24) is 24.3 Å². The van der Waals surface area contributed by atoms with Crippen molar-refractivity contribution in [1.29, 1.82) is 0 Å². The Kier molecular flexibility index (Phi) is 3.78. The molecule has 0 bridgehead atoms.